The van der Waals surface area contributed by atoms with E-state index in [0.29, 0.717) is 10.6 Å². The van der Waals surface area contributed by atoms with Gasteiger partial charge in [-0.05, 0) is 39.8 Å². The van der Waals surface area contributed by atoms with Gasteiger partial charge in [-0.25, -0.2) is 4.98 Å². The fourth-order valence-corrected chi connectivity index (χ4v) is 2.02. The van der Waals surface area contributed by atoms with Crippen LogP contribution in [-0.2, 0) is 9.53 Å². The van der Waals surface area contributed by atoms with E-state index in [1.807, 2.05) is 27.7 Å². The van der Waals surface area contributed by atoms with Crippen molar-refractivity contribution in [3.05, 3.63) is 23.4 Å². The van der Waals surface area contributed by atoms with Crippen molar-refractivity contribution in [2.24, 2.45) is 0 Å². The highest BCUT2D eigenvalue weighted by molar-refractivity contribution is 7.99. The molecule has 0 spiro atoms. The molecule has 0 saturated heterocycles. The molecule has 0 N–H and O–H groups in total. The number of thioether (sulfide) groups is 1. The molecule has 0 fully saturated rings. The SMILES string of the molecule is Cc1cc(C#N)cc(SCC(=O)OC(C)(C)C)n1. The van der Waals surface area contributed by atoms with Gasteiger partial charge in [-0.15, -0.1) is 0 Å². The van der Waals surface area contributed by atoms with Gasteiger partial charge < -0.3 is 4.74 Å². The zero-order chi connectivity index (χ0) is 13.8. The summed E-state index contributed by atoms with van der Waals surface area (Å²) in [5.41, 5.74) is 0.838. The second-order valence-corrected chi connectivity index (χ2v) is 5.82. The molecule has 1 rings (SSSR count). The van der Waals surface area contributed by atoms with Crippen molar-refractivity contribution in [2.45, 2.75) is 38.3 Å². The van der Waals surface area contributed by atoms with E-state index in [-0.39, 0.29) is 11.7 Å². The minimum atomic E-state index is -0.477. The number of rotatable bonds is 3. The van der Waals surface area contributed by atoms with E-state index < -0.39 is 5.60 Å². The molecular formula is C13H16N2O2S. The Hall–Kier alpha value is -1.54. The first kappa shape index (κ1) is 14.5. The van der Waals surface area contributed by atoms with Gasteiger partial charge in [0.05, 0.1) is 22.4 Å². The monoisotopic (exact) mass is 264 g/mol. The first-order valence-corrected chi connectivity index (χ1v) is 6.52. The minimum Gasteiger partial charge on any atom is -0.459 e. The summed E-state index contributed by atoms with van der Waals surface area (Å²) in [4.78, 5) is 15.8. The predicted octanol–water partition coefficient (Wildman–Crippen LogP) is 2.70. The second kappa shape index (κ2) is 5.87. The lowest BCUT2D eigenvalue weighted by atomic mass is 10.2. The van der Waals surface area contributed by atoms with Crippen LogP contribution in [0.25, 0.3) is 0 Å². The highest BCUT2D eigenvalue weighted by atomic mass is 32.2. The molecular weight excluding hydrogens is 248 g/mol. The number of hydrogen-bond donors (Lipinski definition) is 0. The van der Waals surface area contributed by atoms with Gasteiger partial charge in [0.2, 0.25) is 0 Å². The summed E-state index contributed by atoms with van der Waals surface area (Å²) in [5.74, 6) is -0.0900. The van der Waals surface area contributed by atoms with Crippen molar-refractivity contribution in [1.29, 1.82) is 5.26 Å². The predicted molar refractivity (Wildman–Crippen MR) is 70.3 cm³/mol. The van der Waals surface area contributed by atoms with Gasteiger partial charge in [-0.1, -0.05) is 11.8 Å². The third-order valence-electron chi connectivity index (χ3n) is 1.82. The molecule has 0 amide bonds. The molecule has 1 heterocycles. The average Bonchev–Trinajstić information content (AvgIpc) is 2.23. The zero-order valence-corrected chi connectivity index (χ0v) is 11.8. The Morgan fingerprint density at radius 3 is 2.72 bits per heavy atom. The third kappa shape index (κ3) is 5.19. The second-order valence-electron chi connectivity index (χ2n) is 4.82. The van der Waals surface area contributed by atoms with Gasteiger partial charge in [-0.2, -0.15) is 5.26 Å². The van der Waals surface area contributed by atoms with Gasteiger partial charge in [0.1, 0.15) is 5.60 Å². The van der Waals surface area contributed by atoms with Crippen LogP contribution in [0.1, 0.15) is 32.0 Å². The lowest BCUT2D eigenvalue weighted by Gasteiger charge is -2.19. The summed E-state index contributed by atoms with van der Waals surface area (Å²) in [6, 6.07) is 5.44. The number of hydrogen-bond acceptors (Lipinski definition) is 5. The number of pyridine rings is 1. The summed E-state index contributed by atoms with van der Waals surface area (Å²) in [7, 11) is 0. The molecule has 0 aliphatic carbocycles. The quantitative estimate of drug-likeness (QED) is 0.620. The average molecular weight is 264 g/mol. The van der Waals surface area contributed by atoms with E-state index >= 15 is 0 Å². The van der Waals surface area contributed by atoms with Crippen molar-refractivity contribution in [1.82, 2.24) is 4.98 Å². The highest BCUT2D eigenvalue weighted by Gasteiger charge is 2.16. The topological polar surface area (TPSA) is 63.0 Å². The molecule has 0 atom stereocenters. The summed E-state index contributed by atoms with van der Waals surface area (Å²) in [6.07, 6.45) is 0. The molecule has 0 aromatic carbocycles. The molecule has 0 saturated carbocycles. The Balaban J connectivity index is 2.62. The molecule has 5 heteroatoms. The van der Waals surface area contributed by atoms with E-state index in [4.69, 9.17) is 10.00 Å². The molecule has 0 unspecified atom stereocenters. The largest absolute Gasteiger partial charge is 0.459 e. The number of aromatic nitrogens is 1. The normalized spacial score (nSPS) is 10.8. The van der Waals surface area contributed by atoms with Crippen LogP contribution in [0, 0.1) is 18.3 Å². The number of nitrogens with zero attached hydrogens (tertiary/aromatic N) is 2. The van der Waals surface area contributed by atoms with E-state index in [0.717, 1.165) is 5.69 Å². The van der Waals surface area contributed by atoms with Crippen LogP contribution >= 0.6 is 11.8 Å². The molecule has 96 valence electrons. The fraction of sp³-hybridized carbons (Fsp3) is 0.462. The fourth-order valence-electron chi connectivity index (χ4n) is 1.28. The molecule has 0 aliphatic rings. The Labute approximate surface area is 111 Å². The minimum absolute atomic E-state index is 0.193. The smallest absolute Gasteiger partial charge is 0.316 e. The summed E-state index contributed by atoms with van der Waals surface area (Å²) in [6.45, 7) is 7.30. The van der Waals surface area contributed by atoms with Crippen LogP contribution in [0.5, 0.6) is 0 Å². The van der Waals surface area contributed by atoms with E-state index in [1.165, 1.54) is 11.8 Å². The molecule has 18 heavy (non-hydrogen) atoms. The van der Waals surface area contributed by atoms with E-state index in [2.05, 4.69) is 11.1 Å². The summed E-state index contributed by atoms with van der Waals surface area (Å²) >= 11 is 1.28. The maximum absolute atomic E-state index is 11.5. The van der Waals surface area contributed by atoms with Crippen molar-refractivity contribution in [3.8, 4) is 6.07 Å². The van der Waals surface area contributed by atoms with Crippen LogP contribution in [-0.4, -0.2) is 22.3 Å². The van der Waals surface area contributed by atoms with Gasteiger partial charge in [-0.3, -0.25) is 4.79 Å². The first-order valence-electron chi connectivity index (χ1n) is 5.53. The Kier molecular flexibility index (Phi) is 4.74. The number of nitriles is 1. The van der Waals surface area contributed by atoms with Gasteiger partial charge in [0.25, 0.3) is 0 Å². The van der Waals surface area contributed by atoms with Crippen molar-refractivity contribution < 1.29 is 9.53 Å². The van der Waals surface area contributed by atoms with Gasteiger partial charge in [0.15, 0.2) is 0 Å². The summed E-state index contributed by atoms with van der Waals surface area (Å²) in [5, 5.41) is 9.50. The number of esters is 1. The molecule has 1 aromatic heterocycles. The Morgan fingerprint density at radius 1 is 1.50 bits per heavy atom. The summed E-state index contributed by atoms with van der Waals surface area (Å²) < 4.78 is 5.19. The Bertz CT molecular complexity index is 487. The first-order chi connectivity index (χ1) is 8.30. The van der Waals surface area contributed by atoms with Gasteiger partial charge >= 0.3 is 5.97 Å². The molecule has 1 aromatic rings. The van der Waals surface area contributed by atoms with E-state index in [9.17, 15) is 4.79 Å². The lowest BCUT2D eigenvalue weighted by molar-refractivity contribution is -0.151. The molecule has 4 nitrogen and oxygen atoms in total. The van der Waals surface area contributed by atoms with Crippen LogP contribution in [0.3, 0.4) is 0 Å². The van der Waals surface area contributed by atoms with Crippen molar-refractivity contribution >= 4 is 17.7 Å². The van der Waals surface area contributed by atoms with Crippen LogP contribution < -0.4 is 0 Å². The zero-order valence-electron chi connectivity index (χ0n) is 11.0. The molecule has 0 radical (unpaired) electrons. The third-order valence-corrected chi connectivity index (χ3v) is 2.70. The highest BCUT2D eigenvalue weighted by Crippen LogP contribution is 2.19. The standard InChI is InChI=1S/C13H16N2O2S/c1-9-5-10(7-14)6-11(15-9)18-8-12(16)17-13(2,3)4/h5-6H,8H2,1-4H3. The number of aryl methyl sites for hydroxylation is 1. The van der Waals surface area contributed by atoms with Crippen molar-refractivity contribution in [2.75, 3.05) is 5.75 Å². The van der Waals surface area contributed by atoms with Crippen LogP contribution in [0.2, 0.25) is 0 Å². The van der Waals surface area contributed by atoms with Crippen molar-refractivity contribution in [3.63, 3.8) is 0 Å². The lowest BCUT2D eigenvalue weighted by Crippen LogP contribution is -2.24. The maximum Gasteiger partial charge on any atom is 0.316 e. The van der Waals surface area contributed by atoms with Crippen LogP contribution in [0.15, 0.2) is 17.2 Å². The van der Waals surface area contributed by atoms with Crippen LogP contribution in [0.4, 0.5) is 0 Å². The number of ether oxygens (including phenoxy) is 1. The maximum atomic E-state index is 11.5. The Morgan fingerprint density at radius 2 is 2.17 bits per heavy atom. The number of carbonyl (C=O) groups is 1. The molecule has 0 aliphatic heterocycles. The number of carbonyl (C=O) groups excluding carboxylic acids is 1. The van der Waals surface area contributed by atoms with E-state index in [1.54, 1.807) is 12.1 Å². The van der Waals surface area contributed by atoms with Gasteiger partial charge in [0, 0.05) is 5.69 Å². The molecule has 0 bridgehead atoms.